The Morgan fingerprint density at radius 1 is 0.581 bits per heavy atom. The minimum atomic E-state index is -1.28. The molecule has 0 spiro atoms. The van der Waals surface area contributed by atoms with Crippen LogP contribution in [0.15, 0.2) is 0 Å². The summed E-state index contributed by atoms with van der Waals surface area (Å²) < 4.78 is 0. The molecule has 0 aliphatic heterocycles. The quantitative estimate of drug-likeness (QED) is 0.278. The molecule has 0 aromatic heterocycles. The first-order valence-corrected chi connectivity index (χ1v) is 10.8. The van der Waals surface area contributed by atoms with Crippen molar-refractivity contribution in [2.75, 3.05) is 13.2 Å². The fraction of sp³-hybridized carbons (Fsp3) is 0.818. The molecule has 0 bridgehead atoms. The number of rotatable bonds is 14. The van der Waals surface area contributed by atoms with E-state index in [-0.39, 0.29) is 33.3 Å². The van der Waals surface area contributed by atoms with Crippen molar-refractivity contribution in [3.8, 4) is 0 Å². The number of aliphatic hydroxyl groups excluding tert-OH is 2. The van der Waals surface area contributed by atoms with Crippen molar-refractivity contribution in [3.63, 3.8) is 0 Å². The second kappa shape index (κ2) is 36.3. The Morgan fingerprint density at radius 2 is 0.839 bits per heavy atom. The van der Waals surface area contributed by atoms with E-state index in [2.05, 4.69) is 13.8 Å². The Hall–Kier alpha value is -1.09. The largest absolute Gasteiger partial charge is 2.00 e. The van der Waals surface area contributed by atoms with Crippen LogP contribution in [0.2, 0.25) is 0 Å². The van der Waals surface area contributed by atoms with Crippen LogP contribution >= 0.6 is 0 Å². The van der Waals surface area contributed by atoms with Gasteiger partial charge in [-0.3, -0.25) is 9.59 Å². The monoisotopic (exact) mass is 482 g/mol. The molecule has 0 unspecified atom stereocenters. The summed E-state index contributed by atoms with van der Waals surface area (Å²) in [7, 11) is 0. The van der Waals surface area contributed by atoms with Gasteiger partial charge in [-0.2, -0.15) is 0 Å². The van der Waals surface area contributed by atoms with Crippen LogP contribution in [0.3, 0.4) is 0 Å². The summed E-state index contributed by atoms with van der Waals surface area (Å²) in [5.74, 6) is -3.02. The Labute approximate surface area is 202 Å². The van der Waals surface area contributed by atoms with Crippen molar-refractivity contribution >= 4 is 23.5 Å². The average molecular weight is 482 g/mol. The zero-order valence-corrected chi connectivity index (χ0v) is 21.3. The van der Waals surface area contributed by atoms with Gasteiger partial charge in [0, 0.05) is 50.8 Å². The van der Waals surface area contributed by atoms with Gasteiger partial charge < -0.3 is 30.0 Å². The van der Waals surface area contributed by atoms with Crippen LogP contribution in [0.1, 0.15) is 105 Å². The topological polar surface area (TPSA) is 155 Å². The number of ketones is 2. The molecule has 0 amide bonds. The molecule has 9 heteroatoms. The molecule has 0 aliphatic carbocycles. The Bertz CT molecular complexity index is 372. The van der Waals surface area contributed by atoms with Crippen LogP contribution in [-0.2, 0) is 40.9 Å². The molecule has 8 nitrogen and oxygen atoms in total. The van der Waals surface area contributed by atoms with Gasteiger partial charge in [-0.05, 0) is 25.7 Å². The normalized spacial score (nSPS) is 8.71. The minimum absolute atomic E-state index is 0. The summed E-state index contributed by atoms with van der Waals surface area (Å²) in [6, 6.07) is 0. The molecule has 0 fully saturated rings. The van der Waals surface area contributed by atoms with Gasteiger partial charge in [-0.1, -0.05) is 53.4 Å². The third-order valence-corrected chi connectivity index (χ3v) is 3.32. The van der Waals surface area contributed by atoms with Crippen LogP contribution in [-0.4, -0.2) is 46.9 Å². The van der Waals surface area contributed by atoms with Gasteiger partial charge in [0.1, 0.15) is 11.6 Å². The van der Waals surface area contributed by atoms with Gasteiger partial charge in [0.25, 0.3) is 0 Å². The molecule has 0 saturated heterocycles. The standard InChI is InChI=1S/2C7H12O3.2C4H10O.Ti/c2*1-2-3-4-6(8)5-7(9)10;2*1-2-3-4-5;/h2*2-5H2,1H3,(H,9,10);2*5H,2-4H2,1H3;/q;;;;+2/p-2. The predicted molar refractivity (Wildman–Crippen MR) is 112 cm³/mol. The second-order valence-electron chi connectivity index (χ2n) is 6.54. The Kier molecular flexibility index (Phi) is 47.2. The number of carbonyl (C=O) groups excluding carboxylic acids is 4. The summed E-state index contributed by atoms with van der Waals surface area (Å²) in [6.07, 6.45) is 7.32. The maximum Gasteiger partial charge on any atom is 2.00 e. The molecular weight excluding hydrogens is 440 g/mol. The molecule has 182 valence electrons. The van der Waals surface area contributed by atoms with Crippen molar-refractivity contribution in [2.45, 2.75) is 105 Å². The summed E-state index contributed by atoms with van der Waals surface area (Å²) in [4.78, 5) is 40.9. The smallest absolute Gasteiger partial charge is 0.550 e. The molecule has 0 rings (SSSR count). The fourth-order valence-electron chi connectivity index (χ4n) is 1.56. The molecule has 31 heavy (non-hydrogen) atoms. The number of carboxylic acid groups (broad SMARTS) is 2. The SMILES string of the molecule is CCCCC(=O)CC(=O)[O-].CCCCC(=O)CC(=O)[O-].CCCCO.CCCCO.[Ti+2]. The number of aliphatic hydroxyl groups is 2. The van der Waals surface area contributed by atoms with E-state index in [9.17, 15) is 29.4 Å². The van der Waals surface area contributed by atoms with Gasteiger partial charge >= 0.3 is 21.7 Å². The molecule has 0 heterocycles. The molecule has 0 aromatic rings. The van der Waals surface area contributed by atoms with Crippen LogP contribution in [0.25, 0.3) is 0 Å². The maximum absolute atomic E-state index is 10.6. The molecular formula is C22H42O8Ti. The molecule has 0 radical (unpaired) electrons. The van der Waals surface area contributed by atoms with Crippen LogP contribution in [0.5, 0.6) is 0 Å². The van der Waals surface area contributed by atoms with E-state index in [1.165, 1.54) is 0 Å². The second-order valence-corrected chi connectivity index (χ2v) is 6.54. The Balaban J connectivity index is -0.000000101. The van der Waals surface area contributed by atoms with E-state index in [0.717, 1.165) is 51.4 Å². The van der Waals surface area contributed by atoms with Gasteiger partial charge in [0.05, 0.1) is 0 Å². The first kappa shape index (κ1) is 40.3. The van der Waals surface area contributed by atoms with E-state index in [0.29, 0.717) is 26.1 Å². The fourth-order valence-corrected chi connectivity index (χ4v) is 1.56. The van der Waals surface area contributed by atoms with Crippen LogP contribution in [0.4, 0.5) is 0 Å². The first-order valence-electron chi connectivity index (χ1n) is 10.8. The minimum Gasteiger partial charge on any atom is -0.550 e. The number of carbonyl (C=O) groups is 4. The van der Waals surface area contributed by atoms with Crippen LogP contribution < -0.4 is 10.2 Å². The summed E-state index contributed by atoms with van der Waals surface area (Å²) >= 11 is 0. The maximum atomic E-state index is 10.6. The average Bonchev–Trinajstić information content (AvgIpc) is 2.66. The number of aliphatic carboxylic acids is 2. The summed E-state index contributed by atoms with van der Waals surface area (Å²) in [5.41, 5.74) is 0. The van der Waals surface area contributed by atoms with Gasteiger partial charge in [-0.15, -0.1) is 0 Å². The molecule has 0 saturated carbocycles. The Morgan fingerprint density at radius 3 is 0.968 bits per heavy atom. The van der Waals surface area contributed by atoms with Crippen molar-refractivity contribution in [1.29, 1.82) is 0 Å². The number of hydrogen-bond donors (Lipinski definition) is 2. The zero-order valence-electron chi connectivity index (χ0n) is 19.7. The summed E-state index contributed by atoms with van der Waals surface area (Å²) in [5, 5.41) is 35.8. The van der Waals surface area contributed by atoms with Gasteiger partial charge in [0.2, 0.25) is 0 Å². The zero-order chi connectivity index (χ0) is 24.2. The van der Waals surface area contributed by atoms with Crippen molar-refractivity contribution in [1.82, 2.24) is 0 Å². The first-order chi connectivity index (χ1) is 14.2. The molecule has 2 N–H and O–H groups in total. The van der Waals surface area contributed by atoms with E-state index in [1.54, 1.807) is 0 Å². The van der Waals surface area contributed by atoms with E-state index < -0.39 is 24.8 Å². The van der Waals surface area contributed by atoms with E-state index in [4.69, 9.17) is 10.2 Å². The number of unbranched alkanes of at least 4 members (excludes halogenated alkanes) is 4. The molecule has 0 aromatic carbocycles. The van der Waals surface area contributed by atoms with Gasteiger partial charge in [0.15, 0.2) is 0 Å². The van der Waals surface area contributed by atoms with Crippen molar-refractivity contribution < 1.29 is 61.3 Å². The third-order valence-electron chi connectivity index (χ3n) is 3.32. The summed E-state index contributed by atoms with van der Waals surface area (Å²) in [6.45, 7) is 8.69. The van der Waals surface area contributed by atoms with Crippen molar-refractivity contribution in [3.05, 3.63) is 0 Å². The number of Topliss-reactive ketones (excluding diaryl/α,β-unsaturated/α-hetero) is 2. The van der Waals surface area contributed by atoms with E-state index >= 15 is 0 Å². The predicted octanol–water partition coefficient (Wildman–Crippen LogP) is 1.33. The molecule has 0 aliphatic rings. The van der Waals surface area contributed by atoms with Crippen LogP contribution in [0, 0.1) is 0 Å². The third kappa shape index (κ3) is 58.5. The molecule has 0 atom stereocenters. The van der Waals surface area contributed by atoms with Gasteiger partial charge in [-0.25, -0.2) is 0 Å². The van der Waals surface area contributed by atoms with Crippen molar-refractivity contribution in [2.24, 2.45) is 0 Å². The number of hydrogen-bond acceptors (Lipinski definition) is 8. The number of carboxylic acids is 2. The van der Waals surface area contributed by atoms with E-state index in [1.807, 2.05) is 13.8 Å².